The number of rotatable bonds is 5. The molecule has 122 valence electrons. The first kappa shape index (κ1) is 16.5. The highest BCUT2D eigenvalue weighted by Crippen LogP contribution is 2.18. The zero-order chi connectivity index (χ0) is 15.9. The number of amides is 1. The third-order valence-corrected chi connectivity index (χ3v) is 3.74. The minimum atomic E-state index is -0.399. The van der Waals surface area contributed by atoms with Gasteiger partial charge in [-0.25, -0.2) is 9.18 Å². The van der Waals surface area contributed by atoms with Gasteiger partial charge in [0, 0.05) is 31.2 Å². The summed E-state index contributed by atoms with van der Waals surface area (Å²) in [5.74, 6) is 0.173. The second-order valence-electron chi connectivity index (χ2n) is 5.20. The van der Waals surface area contributed by atoms with Crippen molar-refractivity contribution < 1.29 is 18.7 Å². The number of nitrogens with zero attached hydrogens (tertiary/aromatic N) is 1. The van der Waals surface area contributed by atoms with Crippen molar-refractivity contribution in [1.82, 2.24) is 10.2 Å². The molecular formula is C16H23FN2O3. The summed E-state index contributed by atoms with van der Waals surface area (Å²) in [7, 11) is 0. The van der Waals surface area contributed by atoms with Crippen LogP contribution in [0, 0.1) is 5.82 Å². The van der Waals surface area contributed by atoms with Gasteiger partial charge >= 0.3 is 6.09 Å². The molecule has 1 amide bonds. The van der Waals surface area contributed by atoms with Crippen molar-refractivity contribution in [2.24, 2.45) is 0 Å². The number of ether oxygens (including phenoxy) is 2. The molecular weight excluding hydrogens is 287 g/mol. The largest absolute Gasteiger partial charge is 0.494 e. The van der Waals surface area contributed by atoms with Gasteiger partial charge in [0.25, 0.3) is 0 Å². The molecule has 0 saturated carbocycles. The number of hydrogen-bond donors (Lipinski definition) is 1. The number of piperazine rings is 1. The SMILES string of the molecule is CCOc1ccc(F)c(COC(=O)N2CCNCC2CC)c1. The van der Waals surface area contributed by atoms with Crippen LogP contribution in [0.4, 0.5) is 9.18 Å². The van der Waals surface area contributed by atoms with Crippen molar-refractivity contribution in [3.8, 4) is 5.75 Å². The van der Waals surface area contributed by atoms with Crippen LogP contribution in [0.25, 0.3) is 0 Å². The molecule has 1 aliphatic heterocycles. The summed E-state index contributed by atoms with van der Waals surface area (Å²) < 4.78 is 24.4. The van der Waals surface area contributed by atoms with Crippen molar-refractivity contribution in [2.75, 3.05) is 26.2 Å². The first-order valence-corrected chi connectivity index (χ1v) is 7.71. The number of hydrogen-bond acceptors (Lipinski definition) is 4. The van der Waals surface area contributed by atoms with E-state index in [9.17, 15) is 9.18 Å². The van der Waals surface area contributed by atoms with E-state index in [1.165, 1.54) is 6.07 Å². The second-order valence-corrected chi connectivity index (χ2v) is 5.20. The Morgan fingerprint density at radius 2 is 2.27 bits per heavy atom. The Morgan fingerprint density at radius 3 is 3.00 bits per heavy atom. The minimum absolute atomic E-state index is 0.0913. The van der Waals surface area contributed by atoms with E-state index in [4.69, 9.17) is 9.47 Å². The van der Waals surface area contributed by atoms with Crippen LogP contribution in [-0.4, -0.2) is 43.3 Å². The molecule has 1 atom stereocenters. The first-order valence-electron chi connectivity index (χ1n) is 7.71. The summed E-state index contributed by atoms with van der Waals surface area (Å²) in [6.45, 7) is 6.43. The molecule has 6 heteroatoms. The molecule has 0 aliphatic carbocycles. The monoisotopic (exact) mass is 310 g/mol. The Hall–Kier alpha value is -1.82. The predicted octanol–water partition coefficient (Wildman–Crippen LogP) is 2.54. The molecule has 1 heterocycles. The normalized spacial score (nSPS) is 18.1. The van der Waals surface area contributed by atoms with Crippen molar-refractivity contribution in [3.05, 3.63) is 29.6 Å². The fourth-order valence-electron chi connectivity index (χ4n) is 2.51. The maximum absolute atomic E-state index is 13.8. The summed E-state index contributed by atoms with van der Waals surface area (Å²) in [6.07, 6.45) is 0.464. The average Bonchev–Trinajstić information content (AvgIpc) is 2.55. The fraction of sp³-hybridized carbons (Fsp3) is 0.562. The molecule has 0 bridgehead atoms. The number of carbonyl (C=O) groups is 1. The smallest absolute Gasteiger partial charge is 0.410 e. The van der Waals surface area contributed by atoms with Crippen LogP contribution in [0.3, 0.4) is 0 Å². The van der Waals surface area contributed by atoms with Crippen LogP contribution in [0.1, 0.15) is 25.8 Å². The molecule has 5 nitrogen and oxygen atoms in total. The van der Waals surface area contributed by atoms with Gasteiger partial charge in [-0.05, 0) is 31.5 Å². The van der Waals surface area contributed by atoms with Gasteiger partial charge in [0.2, 0.25) is 0 Å². The van der Waals surface area contributed by atoms with E-state index < -0.39 is 11.9 Å². The third kappa shape index (κ3) is 4.10. The topological polar surface area (TPSA) is 50.8 Å². The van der Waals surface area contributed by atoms with E-state index in [1.54, 1.807) is 17.0 Å². The summed E-state index contributed by atoms with van der Waals surface area (Å²) in [5.41, 5.74) is 0.322. The lowest BCUT2D eigenvalue weighted by atomic mass is 10.1. The van der Waals surface area contributed by atoms with Crippen LogP contribution in [-0.2, 0) is 11.3 Å². The van der Waals surface area contributed by atoms with E-state index in [0.29, 0.717) is 24.5 Å². The van der Waals surface area contributed by atoms with Gasteiger partial charge in [0.15, 0.2) is 0 Å². The molecule has 1 aromatic carbocycles. The zero-order valence-corrected chi connectivity index (χ0v) is 13.1. The molecule has 0 radical (unpaired) electrons. The highest BCUT2D eigenvalue weighted by molar-refractivity contribution is 5.68. The summed E-state index contributed by atoms with van der Waals surface area (Å²) in [5, 5.41) is 3.25. The Kier molecular flexibility index (Phi) is 6.00. The number of halogens is 1. The van der Waals surface area contributed by atoms with Crippen LogP contribution in [0.5, 0.6) is 5.75 Å². The van der Waals surface area contributed by atoms with Crippen LogP contribution < -0.4 is 10.1 Å². The highest BCUT2D eigenvalue weighted by Gasteiger charge is 2.26. The van der Waals surface area contributed by atoms with Gasteiger partial charge < -0.3 is 19.7 Å². The molecule has 0 spiro atoms. The first-order chi connectivity index (χ1) is 10.7. The van der Waals surface area contributed by atoms with E-state index in [2.05, 4.69) is 5.32 Å². The Morgan fingerprint density at radius 1 is 1.45 bits per heavy atom. The summed E-state index contributed by atoms with van der Waals surface area (Å²) >= 11 is 0. The van der Waals surface area contributed by atoms with Crippen molar-refractivity contribution in [1.29, 1.82) is 0 Å². The molecule has 1 N–H and O–H groups in total. The number of carbonyl (C=O) groups excluding carboxylic acids is 1. The van der Waals surface area contributed by atoms with Crippen LogP contribution in [0.15, 0.2) is 18.2 Å². The molecule has 1 fully saturated rings. The van der Waals surface area contributed by atoms with Crippen molar-refractivity contribution in [3.63, 3.8) is 0 Å². The maximum Gasteiger partial charge on any atom is 0.410 e. The number of nitrogens with one attached hydrogen (secondary N) is 1. The Labute approximate surface area is 130 Å². The molecule has 1 saturated heterocycles. The minimum Gasteiger partial charge on any atom is -0.494 e. The van der Waals surface area contributed by atoms with Gasteiger partial charge in [0.05, 0.1) is 6.61 Å². The maximum atomic E-state index is 13.8. The van der Waals surface area contributed by atoms with Crippen molar-refractivity contribution in [2.45, 2.75) is 32.9 Å². The van der Waals surface area contributed by atoms with Gasteiger partial charge in [-0.3, -0.25) is 0 Å². The Balaban J connectivity index is 1.96. The number of benzene rings is 1. The lowest BCUT2D eigenvalue weighted by molar-refractivity contribution is 0.0706. The van der Waals surface area contributed by atoms with E-state index in [1.807, 2.05) is 13.8 Å². The van der Waals surface area contributed by atoms with E-state index in [-0.39, 0.29) is 12.6 Å². The van der Waals surface area contributed by atoms with Gasteiger partial charge in [-0.1, -0.05) is 6.92 Å². The van der Waals surface area contributed by atoms with Crippen LogP contribution in [0.2, 0.25) is 0 Å². The average molecular weight is 310 g/mol. The molecule has 22 heavy (non-hydrogen) atoms. The molecule has 2 rings (SSSR count). The van der Waals surface area contributed by atoms with Crippen molar-refractivity contribution >= 4 is 6.09 Å². The third-order valence-electron chi connectivity index (χ3n) is 3.74. The molecule has 1 aliphatic rings. The van der Waals surface area contributed by atoms with Gasteiger partial charge in [-0.2, -0.15) is 0 Å². The van der Waals surface area contributed by atoms with Gasteiger partial charge in [-0.15, -0.1) is 0 Å². The Bertz CT molecular complexity index is 510. The summed E-state index contributed by atoms with van der Waals surface area (Å²) in [4.78, 5) is 13.9. The lowest BCUT2D eigenvalue weighted by Crippen LogP contribution is -2.53. The molecule has 1 aromatic rings. The highest BCUT2D eigenvalue weighted by atomic mass is 19.1. The van der Waals surface area contributed by atoms with Crippen LogP contribution >= 0.6 is 0 Å². The lowest BCUT2D eigenvalue weighted by Gasteiger charge is -2.34. The predicted molar refractivity (Wildman–Crippen MR) is 81.4 cm³/mol. The molecule has 1 unspecified atom stereocenters. The second kappa shape index (κ2) is 7.98. The quantitative estimate of drug-likeness (QED) is 0.908. The fourth-order valence-corrected chi connectivity index (χ4v) is 2.51. The van der Waals surface area contributed by atoms with E-state index in [0.717, 1.165) is 19.5 Å². The zero-order valence-electron chi connectivity index (χ0n) is 13.1. The summed E-state index contributed by atoms with van der Waals surface area (Å²) in [6, 6.07) is 4.59. The standard InChI is InChI=1S/C16H23FN2O3/c1-3-13-10-18-7-8-19(13)16(20)22-11-12-9-14(21-4-2)5-6-15(12)17/h5-6,9,13,18H,3-4,7-8,10-11H2,1-2H3. The van der Waals surface area contributed by atoms with Gasteiger partial charge in [0.1, 0.15) is 18.2 Å². The van der Waals surface area contributed by atoms with E-state index >= 15 is 0 Å². The molecule has 0 aromatic heterocycles.